The minimum absolute atomic E-state index is 0.0802. The van der Waals surface area contributed by atoms with Gasteiger partial charge in [-0.25, -0.2) is 4.39 Å². The zero-order chi connectivity index (χ0) is 12.8. The molecule has 0 bridgehead atoms. The molecular weight excluding hydrogens is 233 g/mol. The average Bonchev–Trinajstić information content (AvgIpc) is 2.88. The van der Waals surface area contributed by atoms with E-state index in [-0.39, 0.29) is 11.5 Å². The van der Waals surface area contributed by atoms with Gasteiger partial charge >= 0.3 is 0 Å². The average molecular weight is 247 g/mol. The van der Waals surface area contributed by atoms with Crippen LogP contribution in [-0.2, 0) is 6.54 Å². The lowest BCUT2D eigenvalue weighted by atomic mass is 10.2. The molecule has 1 N–H and O–H groups in total. The van der Waals surface area contributed by atoms with Gasteiger partial charge in [0.2, 0.25) is 0 Å². The molecule has 1 amide bonds. The first kappa shape index (κ1) is 12.3. The topological polar surface area (TPSA) is 46.9 Å². The summed E-state index contributed by atoms with van der Waals surface area (Å²) in [4.78, 5) is 11.7. The zero-order valence-electron chi connectivity index (χ0n) is 9.84. The fourth-order valence-corrected chi connectivity index (χ4v) is 1.62. The number of amides is 1. The van der Waals surface area contributed by atoms with Gasteiger partial charge in [0.25, 0.3) is 5.91 Å². The lowest BCUT2D eigenvalue weighted by molar-refractivity contribution is 0.0948. The maximum absolute atomic E-state index is 13.3. The van der Waals surface area contributed by atoms with Crippen molar-refractivity contribution in [2.24, 2.45) is 0 Å². The fraction of sp³-hybridized carbons (Fsp3) is 0.231. The summed E-state index contributed by atoms with van der Waals surface area (Å²) >= 11 is 0. The highest BCUT2D eigenvalue weighted by atomic mass is 19.1. The molecule has 94 valence electrons. The Morgan fingerprint density at radius 1 is 1.33 bits per heavy atom. The van der Waals surface area contributed by atoms with Crippen LogP contribution in [0.4, 0.5) is 4.39 Å². The van der Waals surface area contributed by atoms with Gasteiger partial charge in [0.1, 0.15) is 5.82 Å². The number of hydrogen-bond donors (Lipinski definition) is 1. The Hall–Kier alpha value is -2.17. The number of nitrogens with zero attached hydrogens (tertiary/aromatic N) is 2. The SMILES string of the molecule is O=C(NCCCn1cccn1)c1ccccc1F. The second-order valence-electron chi connectivity index (χ2n) is 3.86. The molecule has 2 rings (SSSR count). The number of hydrogen-bond acceptors (Lipinski definition) is 2. The molecule has 0 saturated carbocycles. The van der Waals surface area contributed by atoms with Gasteiger partial charge in [-0.2, -0.15) is 5.10 Å². The predicted molar refractivity (Wildman–Crippen MR) is 65.6 cm³/mol. The van der Waals surface area contributed by atoms with Gasteiger partial charge in [-0.3, -0.25) is 9.48 Å². The van der Waals surface area contributed by atoms with Crippen LogP contribution < -0.4 is 5.32 Å². The van der Waals surface area contributed by atoms with Crippen molar-refractivity contribution >= 4 is 5.91 Å². The Balaban J connectivity index is 1.77. The summed E-state index contributed by atoms with van der Waals surface area (Å²) in [5.74, 6) is -0.879. The van der Waals surface area contributed by atoms with Crippen molar-refractivity contribution in [2.45, 2.75) is 13.0 Å². The number of rotatable bonds is 5. The van der Waals surface area contributed by atoms with Crippen molar-refractivity contribution in [3.8, 4) is 0 Å². The normalized spacial score (nSPS) is 10.3. The van der Waals surface area contributed by atoms with Crippen molar-refractivity contribution in [2.75, 3.05) is 6.54 Å². The minimum atomic E-state index is -0.498. The lowest BCUT2D eigenvalue weighted by Crippen LogP contribution is -2.26. The van der Waals surface area contributed by atoms with Crippen LogP contribution in [0.1, 0.15) is 16.8 Å². The maximum atomic E-state index is 13.3. The number of aromatic nitrogens is 2. The van der Waals surface area contributed by atoms with E-state index in [2.05, 4.69) is 10.4 Å². The second kappa shape index (κ2) is 5.95. The van der Waals surface area contributed by atoms with Gasteiger partial charge in [-0.05, 0) is 24.6 Å². The van der Waals surface area contributed by atoms with Crippen LogP contribution in [0.15, 0.2) is 42.7 Å². The van der Waals surface area contributed by atoms with Crippen molar-refractivity contribution in [1.82, 2.24) is 15.1 Å². The highest BCUT2D eigenvalue weighted by Gasteiger charge is 2.09. The first-order valence-corrected chi connectivity index (χ1v) is 5.77. The Morgan fingerprint density at radius 2 is 2.17 bits per heavy atom. The van der Waals surface area contributed by atoms with Gasteiger partial charge in [0, 0.05) is 25.5 Å². The van der Waals surface area contributed by atoms with Crippen LogP contribution in [0.25, 0.3) is 0 Å². The molecule has 5 heteroatoms. The number of nitrogens with one attached hydrogen (secondary N) is 1. The third-order valence-electron chi connectivity index (χ3n) is 2.53. The number of aryl methyl sites for hydroxylation is 1. The molecule has 4 nitrogen and oxygen atoms in total. The Bertz CT molecular complexity index is 511. The van der Waals surface area contributed by atoms with Crippen LogP contribution in [0.5, 0.6) is 0 Å². The van der Waals surface area contributed by atoms with Crippen LogP contribution in [0, 0.1) is 5.82 Å². The van der Waals surface area contributed by atoms with E-state index in [1.807, 2.05) is 12.3 Å². The van der Waals surface area contributed by atoms with E-state index in [1.165, 1.54) is 12.1 Å². The molecular formula is C13H14FN3O. The summed E-state index contributed by atoms with van der Waals surface area (Å²) in [5, 5.41) is 6.73. The number of benzene rings is 1. The molecule has 0 fully saturated rings. The third-order valence-corrected chi connectivity index (χ3v) is 2.53. The number of halogens is 1. The molecule has 0 saturated heterocycles. The lowest BCUT2D eigenvalue weighted by Gasteiger charge is -2.06. The van der Waals surface area contributed by atoms with Gasteiger partial charge in [-0.1, -0.05) is 12.1 Å². The van der Waals surface area contributed by atoms with E-state index < -0.39 is 5.82 Å². The van der Waals surface area contributed by atoms with Crippen LogP contribution in [0.2, 0.25) is 0 Å². The summed E-state index contributed by atoms with van der Waals surface area (Å²) in [7, 11) is 0. The van der Waals surface area contributed by atoms with Gasteiger partial charge in [0.05, 0.1) is 5.56 Å². The fourth-order valence-electron chi connectivity index (χ4n) is 1.62. The van der Waals surface area contributed by atoms with E-state index >= 15 is 0 Å². The van der Waals surface area contributed by atoms with Crippen molar-refractivity contribution in [1.29, 1.82) is 0 Å². The first-order valence-electron chi connectivity index (χ1n) is 5.77. The molecule has 0 aliphatic heterocycles. The van der Waals surface area contributed by atoms with Crippen molar-refractivity contribution in [3.63, 3.8) is 0 Å². The molecule has 18 heavy (non-hydrogen) atoms. The van der Waals surface area contributed by atoms with E-state index in [1.54, 1.807) is 23.0 Å². The van der Waals surface area contributed by atoms with Crippen LogP contribution >= 0.6 is 0 Å². The molecule has 1 heterocycles. The molecule has 0 atom stereocenters. The molecule has 0 radical (unpaired) electrons. The largest absolute Gasteiger partial charge is 0.352 e. The van der Waals surface area contributed by atoms with E-state index in [0.717, 1.165) is 13.0 Å². The number of carbonyl (C=O) groups is 1. The molecule has 0 aliphatic rings. The van der Waals surface area contributed by atoms with E-state index in [4.69, 9.17) is 0 Å². The van der Waals surface area contributed by atoms with Crippen LogP contribution in [0.3, 0.4) is 0 Å². The van der Waals surface area contributed by atoms with Crippen molar-refractivity contribution in [3.05, 3.63) is 54.1 Å². The quantitative estimate of drug-likeness (QED) is 0.819. The van der Waals surface area contributed by atoms with Crippen LogP contribution in [-0.4, -0.2) is 22.2 Å². The number of carbonyl (C=O) groups excluding carboxylic acids is 1. The minimum Gasteiger partial charge on any atom is -0.352 e. The molecule has 0 aliphatic carbocycles. The summed E-state index contributed by atoms with van der Waals surface area (Å²) < 4.78 is 15.1. The van der Waals surface area contributed by atoms with E-state index in [0.29, 0.717) is 6.54 Å². The molecule has 1 aromatic heterocycles. The first-order chi connectivity index (χ1) is 8.77. The van der Waals surface area contributed by atoms with Gasteiger partial charge in [-0.15, -0.1) is 0 Å². The Morgan fingerprint density at radius 3 is 2.89 bits per heavy atom. The molecule has 0 unspecified atom stereocenters. The Labute approximate surface area is 104 Å². The summed E-state index contributed by atoms with van der Waals surface area (Å²) in [6.45, 7) is 1.22. The summed E-state index contributed by atoms with van der Waals surface area (Å²) in [6, 6.07) is 7.79. The molecule has 0 spiro atoms. The second-order valence-corrected chi connectivity index (χ2v) is 3.86. The van der Waals surface area contributed by atoms with Crippen molar-refractivity contribution < 1.29 is 9.18 Å². The molecule has 2 aromatic rings. The molecule has 1 aromatic carbocycles. The van der Waals surface area contributed by atoms with E-state index in [9.17, 15) is 9.18 Å². The summed E-state index contributed by atoms with van der Waals surface area (Å²) in [6.07, 6.45) is 4.32. The smallest absolute Gasteiger partial charge is 0.254 e. The maximum Gasteiger partial charge on any atom is 0.254 e. The van der Waals surface area contributed by atoms with Gasteiger partial charge < -0.3 is 5.32 Å². The van der Waals surface area contributed by atoms with Gasteiger partial charge in [0.15, 0.2) is 0 Å². The summed E-state index contributed by atoms with van der Waals surface area (Å²) in [5.41, 5.74) is 0.0802. The zero-order valence-corrected chi connectivity index (χ0v) is 9.84. The third kappa shape index (κ3) is 3.16. The monoisotopic (exact) mass is 247 g/mol. The predicted octanol–water partition coefficient (Wildman–Crippen LogP) is 1.84. The Kier molecular flexibility index (Phi) is 4.06. The highest BCUT2D eigenvalue weighted by Crippen LogP contribution is 2.05. The standard InChI is InChI=1S/C13H14FN3O/c14-12-6-2-1-5-11(12)13(18)15-7-3-9-17-10-4-8-16-17/h1-2,4-6,8,10H,3,7,9H2,(H,15,18). The highest BCUT2D eigenvalue weighted by molar-refractivity contribution is 5.94.